The Hall–Kier alpha value is -3.98. The largest absolute Gasteiger partial charge is 0.493 e. The number of benzene rings is 3. The van der Waals surface area contributed by atoms with E-state index in [0.29, 0.717) is 34.9 Å². The number of hydrogen-bond acceptors (Lipinski definition) is 7. The van der Waals surface area contributed by atoms with Crippen molar-refractivity contribution >= 4 is 26.9 Å². The van der Waals surface area contributed by atoms with Gasteiger partial charge in [-0.25, -0.2) is 12.4 Å². The topological polar surface area (TPSA) is 93.1 Å². The molecule has 9 heteroatoms. The van der Waals surface area contributed by atoms with E-state index < -0.39 is 21.9 Å². The van der Waals surface area contributed by atoms with Gasteiger partial charge in [0.05, 0.1) is 44.3 Å². The fourth-order valence-electron chi connectivity index (χ4n) is 6.06. The van der Waals surface area contributed by atoms with Gasteiger partial charge >= 0.3 is 5.97 Å². The van der Waals surface area contributed by atoms with Gasteiger partial charge in [0.15, 0.2) is 11.5 Å². The zero-order valence-corrected chi connectivity index (χ0v) is 22.0. The second-order valence-electron chi connectivity index (χ2n) is 9.52. The standard InChI is InChI=1S/C29H27NO7S/c1-34-23-14-17(15-24(35-2)28(23)36-3)25-26-18(16-37-29(26)31)13-22-27(25)20-11-7-8-12-21(20)30(22)38(32,33)19-9-5-4-6-10-19/h4-12,14-15,18,25-26H,13,16H2,1-3H3/t18-,25+,26+/m1/s1. The summed E-state index contributed by atoms with van der Waals surface area (Å²) in [7, 11) is 0.687. The number of para-hydroxylation sites is 1. The van der Waals surface area contributed by atoms with Gasteiger partial charge in [0.25, 0.3) is 10.0 Å². The summed E-state index contributed by atoms with van der Waals surface area (Å²) < 4.78 is 51.9. The maximum absolute atomic E-state index is 14.1. The van der Waals surface area contributed by atoms with Gasteiger partial charge in [-0.05, 0) is 47.9 Å². The maximum Gasteiger partial charge on any atom is 0.310 e. The van der Waals surface area contributed by atoms with Crippen LogP contribution in [0.4, 0.5) is 0 Å². The van der Waals surface area contributed by atoms with Gasteiger partial charge in [0.2, 0.25) is 5.75 Å². The fraction of sp³-hybridized carbons (Fsp3) is 0.276. The molecule has 1 saturated heterocycles. The van der Waals surface area contributed by atoms with Crippen LogP contribution in [-0.4, -0.2) is 46.3 Å². The Kier molecular flexibility index (Phi) is 5.83. The highest BCUT2D eigenvalue weighted by molar-refractivity contribution is 7.90. The highest BCUT2D eigenvalue weighted by Crippen LogP contribution is 2.53. The molecule has 1 aliphatic carbocycles. The van der Waals surface area contributed by atoms with Gasteiger partial charge in [-0.15, -0.1) is 0 Å². The number of nitrogens with zero attached hydrogens (tertiary/aromatic N) is 1. The second-order valence-corrected chi connectivity index (χ2v) is 11.3. The van der Waals surface area contributed by atoms with Crippen molar-refractivity contribution in [3.63, 3.8) is 0 Å². The first-order valence-electron chi connectivity index (χ1n) is 12.3. The molecule has 0 unspecified atom stereocenters. The summed E-state index contributed by atoms with van der Waals surface area (Å²) in [6, 6.07) is 19.5. The van der Waals surface area contributed by atoms with E-state index in [1.807, 2.05) is 36.4 Å². The van der Waals surface area contributed by atoms with E-state index in [1.165, 1.54) is 25.3 Å². The molecule has 3 aromatic carbocycles. The van der Waals surface area contributed by atoms with E-state index in [9.17, 15) is 13.2 Å². The Bertz CT molecular complexity index is 1630. The van der Waals surface area contributed by atoms with E-state index >= 15 is 0 Å². The Balaban J connectivity index is 1.68. The van der Waals surface area contributed by atoms with Crippen LogP contribution in [0.3, 0.4) is 0 Å². The Morgan fingerprint density at radius 1 is 0.895 bits per heavy atom. The van der Waals surface area contributed by atoms with E-state index in [1.54, 1.807) is 30.3 Å². The number of hydrogen-bond donors (Lipinski definition) is 0. The van der Waals surface area contributed by atoms with Crippen molar-refractivity contribution in [1.82, 2.24) is 3.97 Å². The number of esters is 1. The lowest BCUT2D eigenvalue weighted by Crippen LogP contribution is -2.33. The number of methoxy groups -OCH3 is 3. The summed E-state index contributed by atoms with van der Waals surface area (Å²) in [6.07, 6.45) is 0.396. The number of cyclic esters (lactones) is 1. The molecular formula is C29H27NO7S. The Morgan fingerprint density at radius 3 is 2.21 bits per heavy atom. The van der Waals surface area contributed by atoms with Crippen molar-refractivity contribution in [2.24, 2.45) is 11.8 Å². The average molecular weight is 534 g/mol. The SMILES string of the molecule is COc1cc([C@@H]2c3c(n(S(=O)(=O)c4ccccc4)c4ccccc34)C[C@@H]3COC(=O)[C@@H]32)cc(OC)c1OC. The monoisotopic (exact) mass is 533 g/mol. The molecule has 196 valence electrons. The lowest BCUT2D eigenvalue weighted by molar-refractivity contribution is -0.141. The van der Waals surface area contributed by atoms with Gasteiger partial charge in [-0.2, -0.15) is 0 Å². The zero-order chi connectivity index (χ0) is 26.6. The second kappa shape index (κ2) is 9.09. The number of carbonyl (C=O) groups is 1. The molecule has 0 bridgehead atoms. The minimum Gasteiger partial charge on any atom is -0.493 e. The quantitative estimate of drug-likeness (QED) is 0.340. The van der Waals surface area contributed by atoms with Crippen LogP contribution < -0.4 is 14.2 Å². The molecule has 1 aromatic heterocycles. The molecule has 3 atom stereocenters. The number of rotatable bonds is 6. The predicted octanol–water partition coefficient (Wildman–Crippen LogP) is 4.38. The van der Waals surface area contributed by atoms with Gasteiger partial charge < -0.3 is 18.9 Å². The van der Waals surface area contributed by atoms with Crippen LogP contribution in [0, 0.1) is 11.8 Å². The Morgan fingerprint density at radius 2 is 1.55 bits per heavy atom. The Labute approximate surface area is 220 Å². The third-order valence-electron chi connectivity index (χ3n) is 7.64. The molecule has 0 radical (unpaired) electrons. The molecule has 1 fully saturated rings. The number of aromatic nitrogens is 1. The van der Waals surface area contributed by atoms with Crippen molar-refractivity contribution in [3.05, 3.63) is 83.6 Å². The van der Waals surface area contributed by atoms with Crippen molar-refractivity contribution in [1.29, 1.82) is 0 Å². The molecule has 8 nitrogen and oxygen atoms in total. The van der Waals surface area contributed by atoms with E-state index in [-0.39, 0.29) is 23.4 Å². The minimum atomic E-state index is -3.93. The number of carbonyl (C=O) groups excluding carboxylic acids is 1. The fourth-order valence-corrected chi connectivity index (χ4v) is 7.65. The smallest absolute Gasteiger partial charge is 0.310 e. The molecule has 0 amide bonds. The van der Waals surface area contributed by atoms with Gasteiger partial charge in [-0.3, -0.25) is 4.79 Å². The highest BCUT2D eigenvalue weighted by atomic mass is 32.2. The molecule has 0 N–H and O–H groups in total. The van der Waals surface area contributed by atoms with Crippen molar-refractivity contribution in [3.8, 4) is 17.2 Å². The first kappa shape index (κ1) is 24.4. The van der Waals surface area contributed by atoms with Gasteiger partial charge in [0, 0.05) is 22.9 Å². The van der Waals surface area contributed by atoms with Crippen molar-refractivity contribution < 1.29 is 32.2 Å². The van der Waals surface area contributed by atoms with Crippen LogP contribution in [0.15, 0.2) is 71.6 Å². The summed E-state index contributed by atoms with van der Waals surface area (Å²) in [6.45, 7) is 0.233. The van der Waals surface area contributed by atoms with Crippen molar-refractivity contribution in [2.75, 3.05) is 27.9 Å². The summed E-state index contributed by atoms with van der Waals surface area (Å²) in [5.41, 5.74) is 2.80. The van der Waals surface area contributed by atoms with Crippen molar-refractivity contribution in [2.45, 2.75) is 17.2 Å². The van der Waals surface area contributed by atoms with Gasteiger partial charge in [0.1, 0.15) is 0 Å². The lowest BCUT2D eigenvalue weighted by Gasteiger charge is -2.33. The van der Waals surface area contributed by atoms with Crippen LogP contribution in [0.1, 0.15) is 22.7 Å². The summed E-state index contributed by atoms with van der Waals surface area (Å²) in [5.74, 6) is -0.0895. The van der Waals surface area contributed by atoms with Crippen LogP contribution in [0.5, 0.6) is 17.2 Å². The first-order valence-corrected chi connectivity index (χ1v) is 13.7. The molecule has 2 heterocycles. The average Bonchev–Trinajstić information content (AvgIpc) is 3.49. The molecule has 0 saturated carbocycles. The summed E-state index contributed by atoms with van der Waals surface area (Å²) >= 11 is 0. The van der Waals surface area contributed by atoms with E-state index in [0.717, 1.165) is 16.5 Å². The molecule has 4 aromatic rings. The molecule has 38 heavy (non-hydrogen) atoms. The van der Waals surface area contributed by atoms with Gasteiger partial charge in [-0.1, -0.05) is 36.4 Å². The molecule has 2 aliphatic rings. The van der Waals surface area contributed by atoms with Crippen LogP contribution in [0.2, 0.25) is 0 Å². The first-order chi connectivity index (χ1) is 18.4. The maximum atomic E-state index is 14.1. The van der Waals surface area contributed by atoms with Crippen LogP contribution >= 0.6 is 0 Å². The molecule has 6 rings (SSSR count). The third-order valence-corrected chi connectivity index (χ3v) is 9.41. The van der Waals surface area contributed by atoms with E-state index in [4.69, 9.17) is 18.9 Å². The molecule has 0 spiro atoms. The zero-order valence-electron chi connectivity index (χ0n) is 21.2. The lowest BCUT2D eigenvalue weighted by atomic mass is 9.69. The predicted molar refractivity (Wildman–Crippen MR) is 141 cm³/mol. The normalized spacial score (nSPS) is 20.5. The third kappa shape index (κ3) is 3.49. The summed E-state index contributed by atoms with van der Waals surface area (Å²) in [5, 5.41) is 0.777. The minimum absolute atomic E-state index is 0.187. The highest BCUT2D eigenvalue weighted by Gasteiger charge is 2.50. The number of fused-ring (bicyclic) bond motifs is 4. The summed E-state index contributed by atoms with van der Waals surface area (Å²) in [4.78, 5) is 13.4. The number of ether oxygens (including phenoxy) is 4. The molecule has 1 aliphatic heterocycles. The van der Waals surface area contributed by atoms with Crippen LogP contribution in [-0.2, 0) is 26.0 Å². The molecular weight excluding hydrogens is 506 g/mol. The van der Waals surface area contributed by atoms with E-state index in [2.05, 4.69) is 0 Å². The van der Waals surface area contributed by atoms with Crippen LogP contribution in [0.25, 0.3) is 10.9 Å².